The summed E-state index contributed by atoms with van der Waals surface area (Å²) in [6.45, 7) is 0. The molecule has 15 heavy (non-hydrogen) atoms. The molecule has 1 aliphatic rings. The molecule has 1 atom stereocenters. The first-order valence-corrected chi connectivity index (χ1v) is 4.68. The van der Waals surface area contributed by atoms with Crippen LogP contribution in [0.5, 0.6) is 0 Å². The summed E-state index contributed by atoms with van der Waals surface area (Å²) in [4.78, 5) is 21.3. The van der Waals surface area contributed by atoms with Gasteiger partial charge in [-0.3, -0.25) is 14.9 Å². The third-order valence-corrected chi connectivity index (χ3v) is 2.54. The Hall–Kier alpha value is -1.62. The molecule has 0 unspecified atom stereocenters. The monoisotopic (exact) mass is 226 g/mol. The van der Waals surface area contributed by atoms with E-state index in [0.717, 1.165) is 5.56 Å². The minimum Gasteiger partial charge on any atom is -0.320 e. The molecule has 1 amide bonds. The van der Waals surface area contributed by atoms with Crippen LogP contribution in [0, 0.1) is 10.1 Å². The van der Waals surface area contributed by atoms with Crippen LogP contribution in [0.3, 0.4) is 0 Å². The van der Waals surface area contributed by atoms with Gasteiger partial charge in [-0.2, -0.15) is 0 Å². The van der Waals surface area contributed by atoms with Gasteiger partial charge in [0.25, 0.3) is 11.9 Å². The number of hydrogen-bond acceptors (Lipinski definition) is 3. The molecule has 1 heterocycles. The Morgan fingerprint density at radius 3 is 2.93 bits per heavy atom. The van der Waals surface area contributed by atoms with E-state index in [1.165, 1.54) is 0 Å². The fraction of sp³-hybridized carbons (Fsp3) is 0.222. The third-order valence-electron chi connectivity index (χ3n) is 2.30. The normalized spacial score (nSPS) is 19.3. The number of nitrogens with one attached hydrogen (secondary N) is 1. The molecule has 1 aliphatic heterocycles. The van der Waals surface area contributed by atoms with Crippen molar-refractivity contribution in [1.29, 1.82) is 0 Å². The third kappa shape index (κ3) is 1.78. The summed E-state index contributed by atoms with van der Waals surface area (Å²) in [6, 6.07) is 3.73. The molecule has 0 bridgehead atoms. The van der Waals surface area contributed by atoms with Crippen molar-refractivity contribution in [3.05, 3.63) is 38.9 Å². The van der Waals surface area contributed by atoms with E-state index >= 15 is 0 Å². The predicted molar refractivity (Wildman–Crippen MR) is 54.6 cm³/mol. The number of hydrogen-bond donors (Lipinski definition) is 1. The highest BCUT2D eigenvalue weighted by Gasteiger charge is 2.35. The SMILES string of the molecule is O=C1Nc2cc(Cl)ccc2C[C@@H]1[N+](=O)[O-]. The van der Waals surface area contributed by atoms with E-state index < -0.39 is 16.9 Å². The molecule has 6 heteroatoms. The second-order valence-corrected chi connectivity index (χ2v) is 3.73. The molecule has 0 saturated heterocycles. The van der Waals surface area contributed by atoms with Crippen LogP contribution in [0.25, 0.3) is 0 Å². The standard InChI is InChI=1S/C9H7ClN2O3/c10-6-2-1-5-3-8(12(14)15)9(13)11-7(5)4-6/h1-2,4,8H,3H2,(H,11,13)/t8-/m0/s1. The highest BCUT2D eigenvalue weighted by molar-refractivity contribution is 6.31. The lowest BCUT2D eigenvalue weighted by atomic mass is 10.00. The maximum Gasteiger partial charge on any atom is 0.299 e. The second kappa shape index (κ2) is 3.51. The van der Waals surface area contributed by atoms with Gasteiger partial charge in [0, 0.05) is 15.6 Å². The lowest BCUT2D eigenvalue weighted by molar-refractivity contribution is -0.506. The van der Waals surface area contributed by atoms with E-state index in [1.807, 2.05) is 0 Å². The molecular formula is C9H7ClN2O3. The quantitative estimate of drug-likeness (QED) is 0.582. The van der Waals surface area contributed by atoms with Crippen molar-refractivity contribution in [2.45, 2.75) is 12.5 Å². The summed E-state index contributed by atoms with van der Waals surface area (Å²) in [5.41, 5.74) is 1.30. The Morgan fingerprint density at radius 2 is 2.27 bits per heavy atom. The molecule has 0 spiro atoms. The number of amides is 1. The van der Waals surface area contributed by atoms with Crippen molar-refractivity contribution in [3.63, 3.8) is 0 Å². The summed E-state index contributed by atoms with van der Waals surface area (Å²) in [7, 11) is 0. The van der Waals surface area contributed by atoms with Gasteiger partial charge in [-0.1, -0.05) is 17.7 Å². The number of anilines is 1. The van der Waals surface area contributed by atoms with Crippen molar-refractivity contribution in [2.75, 3.05) is 5.32 Å². The predicted octanol–water partition coefficient (Wildman–Crippen LogP) is 1.48. The molecule has 0 aliphatic carbocycles. The molecule has 1 N–H and O–H groups in total. The Bertz CT molecular complexity index is 447. The first-order valence-electron chi connectivity index (χ1n) is 4.30. The van der Waals surface area contributed by atoms with Crippen molar-refractivity contribution in [2.24, 2.45) is 0 Å². The zero-order chi connectivity index (χ0) is 11.0. The van der Waals surface area contributed by atoms with E-state index in [-0.39, 0.29) is 6.42 Å². The average molecular weight is 227 g/mol. The number of fused-ring (bicyclic) bond motifs is 1. The Kier molecular flexibility index (Phi) is 2.32. The number of halogens is 1. The highest BCUT2D eigenvalue weighted by atomic mass is 35.5. The molecule has 0 saturated carbocycles. The maximum absolute atomic E-state index is 11.3. The molecular weight excluding hydrogens is 220 g/mol. The number of carbonyl (C=O) groups is 1. The van der Waals surface area contributed by atoms with Gasteiger partial charge in [0.2, 0.25) is 0 Å². The van der Waals surface area contributed by atoms with Gasteiger partial charge in [0.05, 0.1) is 6.42 Å². The Labute approximate surface area is 90.2 Å². The molecule has 2 rings (SSSR count). The van der Waals surface area contributed by atoms with Crippen molar-refractivity contribution < 1.29 is 9.72 Å². The zero-order valence-electron chi connectivity index (χ0n) is 7.57. The average Bonchev–Trinajstić information content (AvgIpc) is 2.15. The van der Waals surface area contributed by atoms with Gasteiger partial charge in [-0.15, -0.1) is 0 Å². The lowest BCUT2D eigenvalue weighted by Crippen LogP contribution is -2.40. The first kappa shape index (κ1) is 9.92. The van der Waals surface area contributed by atoms with Gasteiger partial charge in [-0.25, -0.2) is 0 Å². The highest BCUT2D eigenvalue weighted by Crippen LogP contribution is 2.26. The van der Waals surface area contributed by atoms with Crippen LogP contribution in [0.1, 0.15) is 5.56 Å². The molecule has 1 aromatic rings. The van der Waals surface area contributed by atoms with Gasteiger partial charge < -0.3 is 5.32 Å². The number of benzene rings is 1. The molecule has 0 aromatic heterocycles. The second-order valence-electron chi connectivity index (χ2n) is 3.30. The lowest BCUT2D eigenvalue weighted by Gasteiger charge is -2.19. The summed E-state index contributed by atoms with van der Waals surface area (Å²) < 4.78 is 0. The van der Waals surface area contributed by atoms with E-state index in [0.29, 0.717) is 10.7 Å². The minimum atomic E-state index is -1.20. The summed E-state index contributed by atoms with van der Waals surface area (Å²) in [5.74, 6) is -0.588. The molecule has 0 radical (unpaired) electrons. The van der Waals surface area contributed by atoms with Gasteiger partial charge >= 0.3 is 0 Å². The zero-order valence-corrected chi connectivity index (χ0v) is 8.32. The Morgan fingerprint density at radius 1 is 1.53 bits per heavy atom. The molecule has 5 nitrogen and oxygen atoms in total. The maximum atomic E-state index is 11.3. The van der Waals surface area contributed by atoms with Crippen molar-refractivity contribution in [1.82, 2.24) is 0 Å². The van der Waals surface area contributed by atoms with Gasteiger partial charge in [0.1, 0.15) is 0 Å². The largest absolute Gasteiger partial charge is 0.320 e. The van der Waals surface area contributed by atoms with E-state index in [2.05, 4.69) is 5.32 Å². The fourth-order valence-corrected chi connectivity index (χ4v) is 1.70. The van der Waals surface area contributed by atoms with Gasteiger partial charge in [0.15, 0.2) is 0 Å². The smallest absolute Gasteiger partial charge is 0.299 e. The van der Waals surface area contributed by atoms with Crippen molar-refractivity contribution >= 4 is 23.2 Å². The van der Waals surface area contributed by atoms with E-state index in [9.17, 15) is 14.9 Å². The van der Waals surface area contributed by atoms with Crippen LogP contribution < -0.4 is 5.32 Å². The van der Waals surface area contributed by atoms with Crippen LogP contribution in [0.2, 0.25) is 5.02 Å². The van der Waals surface area contributed by atoms with Crippen LogP contribution in [0.4, 0.5) is 5.69 Å². The van der Waals surface area contributed by atoms with E-state index in [1.54, 1.807) is 18.2 Å². The number of nitrogens with zero attached hydrogens (tertiary/aromatic N) is 1. The summed E-state index contributed by atoms with van der Waals surface area (Å²) in [5, 5.41) is 13.5. The van der Waals surface area contributed by atoms with Gasteiger partial charge in [-0.05, 0) is 17.7 Å². The topological polar surface area (TPSA) is 72.2 Å². The van der Waals surface area contributed by atoms with Crippen LogP contribution in [-0.4, -0.2) is 16.9 Å². The van der Waals surface area contributed by atoms with Crippen LogP contribution in [-0.2, 0) is 11.2 Å². The Balaban J connectivity index is 2.38. The van der Waals surface area contributed by atoms with Crippen LogP contribution in [0.15, 0.2) is 18.2 Å². The van der Waals surface area contributed by atoms with Crippen LogP contribution >= 0.6 is 11.6 Å². The number of carbonyl (C=O) groups excluding carboxylic acids is 1. The number of rotatable bonds is 1. The summed E-state index contributed by atoms with van der Waals surface area (Å²) in [6.07, 6.45) is 0.116. The fourth-order valence-electron chi connectivity index (χ4n) is 1.53. The molecule has 1 aromatic carbocycles. The molecule has 78 valence electrons. The number of nitro groups is 1. The first-order chi connectivity index (χ1) is 7.08. The van der Waals surface area contributed by atoms with E-state index in [4.69, 9.17) is 11.6 Å². The minimum absolute atomic E-state index is 0.116. The summed E-state index contributed by atoms with van der Waals surface area (Å²) >= 11 is 5.74. The molecule has 0 fully saturated rings. The van der Waals surface area contributed by atoms with Crippen molar-refractivity contribution in [3.8, 4) is 0 Å².